The van der Waals surface area contributed by atoms with E-state index in [0.717, 1.165) is 22.9 Å². The molecule has 3 aromatic carbocycles. The molecule has 220 valence electrons. The van der Waals surface area contributed by atoms with Crippen molar-refractivity contribution in [2.75, 3.05) is 17.1 Å². The van der Waals surface area contributed by atoms with Crippen LogP contribution < -0.4 is 9.62 Å². The van der Waals surface area contributed by atoms with Crippen molar-refractivity contribution in [1.82, 2.24) is 10.2 Å². The van der Waals surface area contributed by atoms with E-state index in [0.29, 0.717) is 22.2 Å². The van der Waals surface area contributed by atoms with Crippen molar-refractivity contribution in [3.8, 4) is 0 Å². The third kappa shape index (κ3) is 9.76. The maximum Gasteiger partial charge on any atom is 0.243 e. The van der Waals surface area contributed by atoms with Gasteiger partial charge >= 0.3 is 0 Å². The van der Waals surface area contributed by atoms with Gasteiger partial charge in [-0.3, -0.25) is 13.9 Å². The van der Waals surface area contributed by atoms with Gasteiger partial charge in [0, 0.05) is 42.0 Å². The topological polar surface area (TPSA) is 86.8 Å². The van der Waals surface area contributed by atoms with Crippen LogP contribution in [0.25, 0.3) is 0 Å². The highest BCUT2D eigenvalue weighted by Gasteiger charge is 2.31. The van der Waals surface area contributed by atoms with Crippen molar-refractivity contribution in [2.24, 2.45) is 0 Å². The number of carbonyl (C=O) groups excluding carboxylic acids is 2. The molecule has 0 heterocycles. The van der Waals surface area contributed by atoms with Crippen molar-refractivity contribution in [1.29, 1.82) is 0 Å². The number of amides is 2. The first-order valence-corrected chi connectivity index (χ1v) is 16.1. The quantitative estimate of drug-likeness (QED) is 0.254. The van der Waals surface area contributed by atoms with Crippen molar-refractivity contribution in [3.63, 3.8) is 0 Å². The minimum Gasteiger partial charge on any atom is -0.352 e. The van der Waals surface area contributed by atoms with E-state index < -0.39 is 16.1 Å². The van der Waals surface area contributed by atoms with Crippen LogP contribution in [-0.4, -0.2) is 50.0 Å². The molecule has 0 aliphatic carbocycles. The fourth-order valence-corrected chi connectivity index (χ4v) is 5.86. The van der Waals surface area contributed by atoms with E-state index in [9.17, 15) is 18.0 Å². The summed E-state index contributed by atoms with van der Waals surface area (Å²) in [6.45, 7) is 5.84. The van der Waals surface area contributed by atoms with Gasteiger partial charge in [0.2, 0.25) is 21.8 Å². The molecule has 1 atom stereocenters. The number of halogens is 2. The lowest BCUT2D eigenvalue weighted by molar-refractivity contribution is -0.141. The lowest BCUT2D eigenvalue weighted by Gasteiger charge is -2.32. The van der Waals surface area contributed by atoms with E-state index in [1.165, 1.54) is 4.31 Å². The Morgan fingerprint density at radius 3 is 2.15 bits per heavy atom. The fraction of sp³-hybridized carbons (Fsp3) is 0.355. The third-order valence-electron chi connectivity index (χ3n) is 6.56. The van der Waals surface area contributed by atoms with E-state index in [1.54, 1.807) is 35.2 Å². The number of carbonyl (C=O) groups is 2. The van der Waals surface area contributed by atoms with Crippen LogP contribution >= 0.6 is 23.2 Å². The van der Waals surface area contributed by atoms with Crippen LogP contribution in [0.4, 0.5) is 5.69 Å². The highest BCUT2D eigenvalue weighted by molar-refractivity contribution is 7.92. The Balaban J connectivity index is 1.89. The van der Waals surface area contributed by atoms with Crippen LogP contribution in [0.15, 0.2) is 72.8 Å². The van der Waals surface area contributed by atoms with Crippen molar-refractivity contribution in [3.05, 3.63) is 99.5 Å². The average molecular weight is 619 g/mol. The number of anilines is 1. The molecule has 0 radical (unpaired) electrons. The van der Waals surface area contributed by atoms with Crippen LogP contribution in [0.3, 0.4) is 0 Å². The molecule has 0 saturated heterocycles. The zero-order chi connectivity index (χ0) is 30.2. The molecule has 7 nitrogen and oxygen atoms in total. The van der Waals surface area contributed by atoms with Crippen LogP contribution in [0.5, 0.6) is 0 Å². The van der Waals surface area contributed by atoms with Crippen LogP contribution in [-0.2, 0) is 32.6 Å². The molecule has 0 aromatic heterocycles. The van der Waals surface area contributed by atoms with Crippen LogP contribution in [0, 0.1) is 6.92 Å². The summed E-state index contributed by atoms with van der Waals surface area (Å²) in [5, 5.41) is 3.96. The molecule has 1 N–H and O–H groups in total. The third-order valence-corrected chi connectivity index (χ3v) is 8.23. The van der Waals surface area contributed by atoms with Gasteiger partial charge in [-0.05, 0) is 68.1 Å². The Bertz CT molecular complexity index is 1430. The van der Waals surface area contributed by atoms with Crippen LogP contribution in [0.2, 0.25) is 10.0 Å². The number of aryl methyl sites for hydroxylation is 1. The minimum absolute atomic E-state index is 0.0411. The molecule has 41 heavy (non-hydrogen) atoms. The first-order valence-electron chi connectivity index (χ1n) is 13.5. The number of rotatable bonds is 13. The zero-order valence-corrected chi connectivity index (χ0v) is 26.1. The lowest BCUT2D eigenvalue weighted by Crippen LogP contribution is -2.51. The highest BCUT2D eigenvalue weighted by Crippen LogP contribution is 2.27. The Morgan fingerprint density at radius 2 is 1.54 bits per heavy atom. The maximum atomic E-state index is 13.9. The monoisotopic (exact) mass is 617 g/mol. The van der Waals surface area contributed by atoms with Gasteiger partial charge in [-0.1, -0.05) is 71.7 Å². The molecule has 0 bridgehead atoms. The average Bonchev–Trinajstić information content (AvgIpc) is 2.90. The second-order valence-electron chi connectivity index (χ2n) is 10.4. The number of hydrogen-bond acceptors (Lipinski definition) is 4. The van der Waals surface area contributed by atoms with Gasteiger partial charge in [0.1, 0.15) is 6.04 Å². The molecule has 3 rings (SSSR count). The molecule has 0 fully saturated rings. The summed E-state index contributed by atoms with van der Waals surface area (Å²) >= 11 is 12.3. The second kappa shape index (κ2) is 14.7. The summed E-state index contributed by atoms with van der Waals surface area (Å²) in [5.41, 5.74) is 2.98. The Hall–Kier alpha value is -3.07. The Kier molecular flexibility index (Phi) is 11.6. The Labute approximate surface area is 253 Å². The number of sulfonamides is 1. The van der Waals surface area contributed by atoms with E-state index in [4.69, 9.17) is 23.2 Å². The van der Waals surface area contributed by atoms with E-state index >= 15 is 0 Å². The van der Waals surface area contributed by atoms with Crippen molar-refractivity contribution in [2.45, 2.75) is 58.7 Å². The zero-order valence-electron chi connectivity index (χ0n) is 23.8. The molecule has 0 aliphatic heterocycles. The smallest absolute Gasteiger partial charge is 0.243 e. The number of nitrogens with zero attached hydrogens (tertiary/aromatic N) is 2. The van der Waals surface area contributed by atoms with Gasteiger partial charge in [0.25, 0.3) is 0 Å². The number of nitrogens with one attached hydrogen (secondary N) is 1. The summed E-state index contributed by atoms with van der Waals surface area (Å²) in [7, 11) is -3.64. The van der Waals surface area contributed by atoms with Gasteiger partial charge in [-0.25, -0.2) is 8.42 Å². The van der Waals surface area contributed by atoms with Gasteiger partial charge in [0.15, 0.2) is 0 Å². The van der Waals surface area contributed by atoms with Crippen molar-refractivity contribution < 1.29 is 18.0 Å². The van der Waals surface area contributed by atoms with Crippen LogP contribution in [0.1, 0.15) is 43.4 Å². The summed E-state index contributed by atoms with van der Waals surface area (Å²) in [6.07, 6.45) is 1.75. The van der Waals surface area contributed by atoms with Gasteiger partial charge in [-0.15, -0.1) is 0 Å². The first-order chi connectivity index (χ1) is 19.3. The van der Waals surface area contributed by atoms with Gasteiger partial charge in [0.05, 0.1) is 11.9 Å². The van der Waals surface area contributed by atoms with Gasteiger partial charge < -0.3 is 10.2 Å². The molecule has 3 aromatic rings. The summed E-state index contributed by atoms with van der Waals surface area (Å²) in [6, 6.07) is 20.9. The standard InChI is InChI=1S/C31H37Cl2N3O4S/c1-22(2)34-31(38)29(19-24-9-6-5-7-10-24)35(21-25-13-16-26(32)17-14-25)30(37)11-8-18-36(41(4,39)40)28-20-27(33)15-12-23(28)3/h5-7,9-10,12-17,20,22,29H,8,11,18-19,21H2,1-4H3,(H,34,38). The molecular weight excluding hydrogens is 581 g/mol. The largest absolute Gasteiger partial charge is 0.352 e. The molecule has 0 saturated carbocycles. The number of benzene rings is 3. The predicted octanol–water partition coefficient (Wildman–Crippen LogP) is 6.01. The van der Waals surface area contributed by atoms with Crippen molar-refractivity contribution >= 4 is 50.7 Å². The van der Waals surface area contributed by atoms with E-state index in [-0.39, 0.29) is 43.8 Å². The van der Waals surface area contributed by atoms with Gasteiger partial charge in [-0.2, -0.15) is 0 Å². The van der Waals surface area contributed by atoms with E-state index in [2.05, 4.69) is 5.32 Å². The summed E-state index contributed by atoms with van der Waals surface area (Å²) < 4.78 is 26.7. The fourth-order valence-electron chi connectivity index (χ4n) is 4.55. The molecule has 1 unspecified atom stereocenters. The SMILES string of the molecule is Cc1ccc(Cl)cc1N(CCCC(=O)N(Cc1ccc(Cl)cc1)C(Cc1ccccc1)C(=O)NC(C)C)S(C)(=O)=O. The second-order valence-corrected chi connectivity index (χ2v) is 13.2. The first kappa shape index (κ1) is 32.4. The molecule has 0 aliphatic rings. The summed E-state index contributed by atoms with van der Waals surface area (Å²) in [5.74, 6) is -0.505. The normalized spacial score (nSPS) is 12.2. The molecule has 10 heteroatoms. The Morgan fingerprint density at radius 1 is 0.902 bits per heavy atom. The molecule has 0 spiro atoms. The number of hydrogen-bond donors (Lipinski definition) is 1. The minimum atomic E-state index is -3.64. The lowest BCUT2D eigenvalue weighted by atomic mass is 10.0. The molecule has 2 amide bonds. The highest BCUT2D eigenvalue weighted by atomic mass is 35.5. The van der Waals surface area contributed by atoms with E-state index in [1.807, 2.05) is 63.2 Å². The molecular formula is C31H37Cl2N3O4S. The summed E-state index contributed by atoms with van der Waals surface area (Å²) in [4.78, 5) is 28.9. The predicted molar refractivity (Wildman–Crippen MR) is 167 cm³/mol. The maximum absolute atomic E-state index is 13.9.